The van der Waals surface area contributed by atoms with Crippen molar-refractivity contribution in [1.29, 1.82) is 0 Å². The van der Waals surface area contributed by atoms with Crippen molar-refractivity contribution in [1.82, 2.24) is 4.90 Å². The van der Waals surface area contributed by atoms with Gasteiger partial charge in [-0.25, -0.2) is 4.79 Å². The van der Waals surface area contributed by atoms with E-state index in [0.717, 1.165) is 35.9 Å². The second-order valence-corrected chi connectivity index (χ2v) is 9.06. The number of carbonyl (C=O) groups excluding carboxylic acids is 3. The first-order chi connectivity index (χ1) is 16.4. The molecule has 0 unspecified atom stereocenters. The van der Waals surface area contributed by atoms with Crippen LogP contribution >= 0.6 is 24.0 Å². The number of nitrogens with zero attached hydrogens (tertiary/aromatic N) is 1. The summed E-state index contributed by atoms with van der Waals surface area (Å²) in [4.78, 5) is 39.0. The number of hydrogen-bond donors (Lipinski definition) is 1. The SMILES string of the molecule is CCCCOC(=O)c1ccc(NC(=O)CN2C(=O)C(=Cc3ccc(OCC)cc3)SC2=S)cc1. The Balaban J connectivity index is 1.56. The number of thioether (sulfide) groups is 1. The summed E-state index contributed by atoms with van der Waals surface area (Å²) in [6.45, 7) is 4.69. The number of hydrogen-bond acceptors (Lipinski definition) is 7. The van der Waals surface area contributed by atoms with Gasteiger partial charge in [-0.1, -0.05) is 49.5 Å². The van der Waals surface area contributed by atoms with Gasteiger partial charge in [0.1, 0.15) is 16.6 Å². The molecular weight excluding hydrogens is 472 g/mol. The third-order valence-corrected chi connectivity index (χ3v) is 6.18. The highest BCUT2D eigenvalue weighted by Crippen LogP contribution is 2.32. The molecule has 1 aliphatic rings. The van der Waals surface area contributed by atoms with Gasteiger partial charge < -0.3 is 14.8 Å². The van der Waals surface area contributed by atoms with E-state index in [1.807, 2.05) is 38.1 Å². The van der Waals surface area contributed by atoms with Crippen LogP contribution in [0.2, 0.25) is 0 Å². The molecule has 34 heavy (non-hydrogen) atoms. The van der Waals surface area contributed by atoms with E-state index in [-0.39, 0.29) is 12.5 Å². The van der Waals surface area contributed by atoms with Gasteiger partial charge in [-0.05, 0) is 61.4 Å². The van der Waals surface area contributed by atoms with Gasteiger partial charge in [0.25, 0.3) is 5.91 Å². The first-order valence-electron chi connectivity index (χ1n) is 11.0. The molecule has 3 rings (SSSR count). The fourth-order valence-corrected chi connectivity index (χ4v) is 4.30. The monoisotopic (exact) mass is 498 g/mol. The van der Waals surface area contributed by atoms with E-state index >= 15 is 0 Å². The Morgan fingerprint density at radius 1 is 1.09 bits per heavy atom. The molecule has 178 valence electrons. The topological polar surface area (TPSA) is 84.9 Å². The van der Waals surface area contributed by atoms with E-state index in [1.165, 1.54) is 4.90 Å². The number of unbranched alkanes of at least 4 members (excludes halogenated alkanes) is 1. The van der Waals surface area contributed by atoms with E-state index in [0.29, 0.717) is 33.7 Å². The van der Waals surface area contributed by atoms with E-state index < -0.39 is 11.9 Å². The fourth-order valence-electron chi connectivity index (χ4n) is 3.04. The molecule has 1 aliphatic heterocycles. The Morgan fingerprint density at radius 3 is 2.44 bits per heavy atom. The van der Waals surface area contributed by atoms with Crippen molar-refractivity contribution >= 4 is 57.8 Å². The number of ether oxygens (including phenoxy) is 2. The highest BCUT2D eigenvalue weighted by atomic mass is 32.2. The van der Waals surface area contributed by atoms with Gasteiger partial charge in [0.2, 0.25) is 5.91 Å². The maximum absolute atomic E-state index is 12.8. The van der Waals surface area contributed by atoms with E-state index in [4.69, 9.17) is 21.7 Å². The number of nitrogens with one attached hydrogen (secondary N) is 1. The highest BCUT2D eigenvalue weighted by molar-refractivity contribution is 8.26. The third kappa shape index (κ3) is 6.91. The van der Waals surface area contributed by atoms with Crippen LogP contribution in [0.25, 0.3) is 6.08 Å². The normalized spacial score (nSPS) is 14.4. The Hall–Kier alpha value is -3.17. The number of benzene rings is 2. The lowest BCUT2D eigenvalue weighted by Gasteiger charge is -2.14. The minimum Gasteiger partial charge on any atom is -0.494 e. The zero-order chi connectivity index (χ0) is 24.5. The van der Waals surface area contributed by atoms with E-state index in [9.17, 15) is 14.4 Å². The molecule has 1 saturated heterocycles. The van der Waals surface area contributed by atoms with Crippen LogP contribution in [-0.4, -0.2) is 46.8 Å². The van der Waals surface area contributed by atoms with Crippen LogP contribution in [0.15, 0.2) is 53.4 Å². The second kappa shape index (κ2) is 12.3. The predicted octanol–water partition coefficient (Wildman–Crippen LogP) is 4.88. The molecule has 0 spiro atoms. The molecule has 2 aromatic rings. The number of thiocarbonyl (C=S) groups is 1. The standard InChI is InChI=1S/C25H26N2O5S2/c1-3-5-14-32-24(30)18-8-10-19(11-9-18)26-22(28)16-27-23(29)21(34-25(27)33)15-17-6-12-20(13-7-17)31-4-2/h6-13,15H,3-5,14,16H2,1-2H3,(H,26,28). The van der Waals surface area contributed by atoms with Gasteiger partial charge in [-0.15, -0.1) is 0 Å². The lowest BCUT2D eigenvalue weighted by Crippen LogP contribution is -2.36. The van der Waals surface area contributed by atoms with Crippen LogP contribution in [0.1, 0.15) is 42.6 Å². The number of esters is 1. The molecule has 0 saturated carbocycles. The molecule has 0 radical (unpaired) electrons. The number of rotatable bonds is 10. The van der Waals surface area contributed by atoms with Crippen LogP contribution in [0, 0.1) is 0 Å². The van der Waals surface area contributed by atoms with E-state index in [2.05, 4.69) is 5.32 Å². The summed E-state index contributed by atoms with van der Waals surface area (Å²) in [7, 11) is 0. The van der Waals surface area contributed by atoms with Crippen molar-refractivity contribution in [2.75, 3.05) is 25.1 Å². The van der Waals surface area contributed by atoms with Gasteiger partial charge in [0.05, 0.1) is 23.7 Å². The van der Waals surface area contributed by atoms with Crippen molar-refractivity contribution in [3.05, 3.63) is 64.6 Å². The van der Waals surface area contributed by atoms with Crippen LogP contribution in [-0.2, 0) is 14.3 Å². The summed E-state index contributed by atoms with van der Waals surface area (Å²) < 4.78 is 10.9. The van der Waals surface area contributed by atoms with Crippen LogP contribution in [0.5, 0.6) is 5.75 Å². The van der Waals surface area contributed by atoms with Gasteiger partial charge in [0, 0.05) is 5.69 Å². The molecule has 2 aromatic carbocycles. The zero-order valence-corrected chi connectivity index (χ0v) is 20.7. The van der Waals surface area contributed by atoms with Crippen molar-refractivity contribution in [2.45, 2.75) is 26.7 Å². The van der Waals surface area contributed by atoms with Gasteiger partial charge in [0.15, 0.2) is 0 Å². The van der Waals surface area contributed by atoms with Crippen LogP contribution in [0.4, 0.5) is 5.69 Å². The summed E-state index contributed by atoms with van der Waals surface area (Å²) in [5.74, 6) is -0.352. The zero-order valence-electron chi connectivity index (χ0n) is 19.0. The highest BCUT2D eigenvalue weighted by Gasteiger charge is 2.33. The molecule has 7 nitrogen and oxygen atoms in total. The van der Waals surface area contributed by atoms with Gasteiger partial charge in [-0.3, -0.25) is 14.5 Å². The smallest absolute Gasteiger partial charge is 0.338 e. The van der Waals surface area contributed by atoms with Crippen molar-refractivity contribution in [3.63, 3.8) is 0 Å². The van der Waals surface area contributed by atoms with Gasteiger partial charge in [-0.2, -0.15) is 0 Å². The molecule has 0 aliphatic carbocycles. The minimum atomic E-state index is -0.400. The molecule has 1 N–H and O–H groups in total. The quantitative estimate of drug-likeness (QED) is 0.216. The maximum atomic E-state index is 12.8. The van der Waals surface area contributed by atoms with Crippen molar-refractivity contribution in [2.24, 2.45) is 0 Å². The predicted molar refractivity (Wildman–Crippen MR) is 138 cm³/mol. The summed E-state index contributed by atoms with van der Waals surface area (Å²) in [5.41, 5.74) is 1.75. The Kier molecular flexibility index (Phi) is 9.24. The molecule has 1 fully saturated rings. The Bertz CT molecular complexity index is 1080. The van der Waals surface area contributed by atoms with Crippen LogP contribution in [0.3, 0.4) is 0 Å². The first-order valence-corrected chi connectivity index (χ1v) is 12.2. The second-order valence-electron chi connectivity index (χ2n) is 7.38. The first kappa shape index (κ1) is 25.5. The number of amides is 2. The van der Waals surface area contributed by atoms with Crippen molar-refractivity contribution in [3.8, 4) is 5.75 Å². The van der Waals surface area contributed by atoms with E-state index in [1.54, 1.807) is 30.3 Å². The lowest BCUT2D eigenvalue weighted by atomic mass is 10.2. The summed E-state index contributed by atoms with van der Waals surface area (Å²) >= 11 is 6.47. The van der Waals surface area contributed by atoms with Crippen molar-refractivity contribution < 1.29 is 23.9 Å². The lowest BCUT2D eigenvalue weighted by molar-refractivity contribution is -0.126. The van der Waals surface area contributed by atoms with Gasteiger partial charge >= 0.3 is 5.97 Å². The Labute approximate surface area is 208 Å². The molecule has 0 atom stereocenters. The molecular formula is C25H26N2O5S2. The molecule has 0 bridgehead atoms. The fraction of sp³-hybridized carbons (Fsp3) is 0.280. The summed E-state index contributed by atoms with van der Waals surface area (Å²) in [5, 5.41) is 2.72. The maximum Gasteiger partial charge on any atom is 0.338 e. The largest absolute Gasteiger partial charge is 0.494 e. The number of carbonyl (C=O) groups is 3. The molecule has 9 heteroatoms. The molecule has 2 amide bonds. The summed E-state index contributed by atoms with van der Waals surface area (Å²) in [6, 6.07) is 13.8. The third-order valence-electron chi connectivity index (χ3n) is 4.80. The Morgan fingerprint density at radius 2 is 1.79 bits per heavy atom. The average Bonchev–Trinajstić information content (AvgIpc) is 3.08. The minimum absolute atomic E-state index is 0.202. The molecule has 0 aromatic heterocycles. The average molecular weight is 499 g/mol. The summed E-state index contributed by atoms with van der Waals surface area (Å²) in [6.07, 6.45) is 3.50. The number of anilines is 1. The van der Waals surface area contributed by atoms with Crippen LogP contribution < -0.4 is 10.1 Å². The molecule has 1 heterocycles.